The summed E-state index contributed by atoms with van der Waals surface area (Å²) in [5.74, 6) is 1.07. The molecule has 0 amide bonds. The predicted molar refractivity (Wildman–Crippen MR) is 124 cm³/mol. The number of thioether (sulfide) groups is 1. The number of aromatic nitrogens is 3. The molecule has 0 saturated carbocycles. The number of nitriles is 1. The molecule has 1 heterocycles. The monoisotopic (exact) mass is 497 g/mol. The molecule has 0 aliphatic carbocycles. The van der Waals surface area contributed by atoms with Crippen molar-refractivity contribution >= 4 is 33.5 Å². The van der Waals surface area contributed by atoms with Gasteiger partial charge in [0.15, 0.2) is 16.8 Å². The summed E-state index contributed by atoms with van der Waals surface area (Å²) in [7, 11) is 0. The van der Waals surface area contributed by atoms with Crippen molar-refractivity contribution in [2.24, 2.45) is 5.73 Å². The number of Topliss-reactive ketones (excluding diaryl/α,β-unsaturated/α-hetero) is 1. The molecule has 2 aromatic carbocycles. The average molecular weight is 498 g/mol. The quantitative estimate of drug-likeness (QED) is 0.277. The number of hydrogen-bond acceptors (Lipinski definition) is 7. The number of nitrogens with zero attached hydrogens (tertiary/aromatic N) is 4. The summed E-state index contributed by atoms with van der Waals surface area (Å²) >= 11 is 4.65. The number of carbonyl (C=O) groups is 1. The number of halogens is 1. The van der Waals surface area contributed by atoms with Crippen LogP contribution in [-0.4, -0.2) is 32.9 Å². The van der Waals surface area contributed by atoms with Crippen LogP contribution in [0.2, 0.25) is 0 Å². The molecule has 0 bridgehead atoms. The van der Waals surface area contributed by atoms with Crippen LogP contribution in [0.15, 0.2) is 69.4 Å². The third kappa shape index (κ3) is 5.34. The normalized spacial score (nSPS) is 11.5. The number of allylic oxidation sites excluding steroid dienone is 2. The lowest BCUT2D eigenvalue weighted by atomic mass is 10.2. The fourth-order valence-corrected chi connectivity index (χ4v) is 3.90. The van der Waals surface area contributed by atoms with Crippen LogP contribution in [0.3, 0.4) is 0 Å². The molecule has 0 radical (unpaired) electrons. The van der Waals surface area contributed by atoms with Crippen LogP contribution in [0.1, 0.15) is 13.8 Å². The molecule has 0 aliphatic rings. The van der Waals surface area contributed by atoms with Gasteiger partial charge in [0.25, 0.3) is 0 Å². The van der Waals surface area contributed by atoms with Crippen LogP contribution in [0, 0.1) is 11.3 Å². The van der Waals surface area contributed by atoms with Gasteiger partial charge in [-0.2, -0.15) is 5.26 Å². The molecule has 0 aliphatic heterocycles. The molecule has 0 saturated heterocycles. The zero-order valence-corrected chi connectivity index (χ0v) is 19.4. The molecule has 7 nitrogen and oxygen atoms in total. The minimum atomic E-state index is -0.348. The molecule has 3 rings (SSSR count). The molecular formula is C22H20BrN5O2S. The minimum absolute atomic E-state index is 0.0208. The molecule has 0 atom stereocenters. The molecular weight excluding hydrogens is 478 g/mol. The van der Waals surface area contributed by atoms with E-state index in [-0.39, 0.29) is 22.8 Å². The fourth-order valence-electron chi connectivity index (χ4n) is 2.81. The largest absolute Gasteiger partial charge is 0.494 e. The molecule has 1 aromatic heterocycles. The van der Waals surface area contributed by atoms with E-state index >= 15 is 0 Å². The number of rotatable bonds is 8. The minimum Gasteiger partial charge on any atom is -0.494 e. The van der Waals surface area contributed by atoms with E-state index in [2.05, 4.69) is 26.1 Å². The molecule has 2 N–H and O–H groups in total. The number of hydrogen-bond donors (Lipinski definition) is 1. The summed E-state index contributed by atoms with van der Waals surface area (Å²) in [6, 6.07) is 17.2. The summed E-state index contributed by atoms with van der Waals surface area (Å²) in [6.07, 6.45) is 0. The third-order valence-electron chi connectivity index (χ3n) is 4.26. The number of ketones is 1. The molecule has 158 valence electrons. The first-order chi connectivity index (χ1) is 14.9. The molecule has 0 spiro atoms. The molecule has 31 heavy (non-hydrogen) atoms. The van der Waals surface area contributed by atoms with Crippen molar-refractivity contribution in [1.29, 1.82) is 5.26 Å². The van der Waals surface area contributed by atoms with Crippen molar-refractivity contribution in [2.75, 3.05) is 12.4 Å². The summed E-state index contributed by atoms with van der Waals surface area (Å²) < 4.78 is 8.37. The second-order valence-electron chi connectivity index (χ2n) is 6.46. The van der Waals surface area contributed by atoms with Crippen LogP contribution in [0.4, 0.5) is 0 Å². The van der Waals surface area contributed by atoms with Gasteiger partial charge in [0, 0.05) is 21.4 Å². The summed E-state index contributed by atoms with van der Waals surface area (Å²) in [6.45, 7) is 4.04. The second-order valence-corrected chi connectivity index (χ2v) is 8.32. The van der Waals surface area contributed by atoms with E-state index in [9.17, 15) is 10.1 Å². The van der Waals surface area contributed by atoms with Crippen molar-refractivity contribution in [3.63, 3.8) is 0 Å². The Morgan fingerprint density at radius 3 is 2.45 bits per heavy atom. The standard InChI is InChI=1S/C22H20BrN5O2S/c1-3-30-18-10-8-17(9-11-18)28-21(15-4-6-16(23)7-5-15)26-27-22(28)31-13-20(29)19(12-24)14(2)25/h4-11H,3,13,25H2,1-2H3/b19-14+. The smallest absolute Gasteiger partial charge is 0.196 e. The van der Waals surface area contributed by atoms with Gasteiger partial charge in [-0.25, -0.2) is 0 Å². The predicted octanol–water partition coefficient (Wildman–Crippen LogP) is 4.51. The molecule has 0 fully saturated rings. The van der Waals surface area contributed by atoms with Gasteiger partial charge in [-0.15, -0.1) is 10.2 Å². The molecule has 3 aromatic rings. The van der Waals surface area contributed by atoms with E-state index in [1.807, 2.05) is 66.1 Å². The zero-order valence-electron chi connectivity index (χ0n) is 17.0. The van der Waals surface area contributed by atoms with Crippen LogP contribution < -0.4 is 10.5 Å². The van der Waals surface area contributed by atoms with Crippen LogP contribution in [0.25, 0.3) is 17.1 Å². The van der Waals surface area contributed by atoms with Gasteiger partial charge < -0.3 is 10.5 Å². The molecule has 0 unspecified atom stereocenters. The van der Waals surface area contributed by atoms with Crippen LogP contribution >= 0.6 is 27.7 Å². The van der Waals surface area contributed by atoms with Crippen molar-refractivity contribution in [3.05, 3.63) is 64.3 Å². The Morgan fingerprint density at radius 2 is 1.87 bits per heavy atom. The first kappa shape index (κ1) is 22.6. The fraction of sp³-hybridized carbons (Fsp3) is 0.182. The highest BCUT2D eigenvalue weighted by molar-refractivity contribution is 9.10. The average Bonchev–Trinajstić information content (AvgIpc) is 3.18. The highest BCUT2D eigenvalue weighted by Gasteiger charge is 2.19. The Morgan fingerprint density at radius 1 is 1.19 bits per heavy atom. The third-order valence-corrected chi connectivity index (χ3v) is 5.72. The van der Waals surface area contributed by atoms with Gasteiger partial charge in [-0.05, 0) is 50.2 Å². The maximum Gasteiger partial charge on any atom is 0.196 e. The van der Waals surface area contributed by atoms with Gasteiger partial charge in [0.1, 0.15) is 17.4 Å². The summed E-state index contributed by atoms with van der Waals surface area (Å²) in [4.78, 5) is 12.4. The van der Waals surface area contributed by atoms with Crippen LogP contribution in [0.5, 0.6) is 5.75 Å². The number of nitrogens with two attached hydrogens (primary N) is 1. The number of benzene rings is 2. The SMILES string of the molecule is CCOc1ccc(-n2c(SCC(=O)/C(C#N)=C(\C)N)nnc2-c2ccc(Br)cc2)cc1. The second kappa shape index (κ2) is 10.3. The van der Waals surface area contributed by atoms with E-state index in [4.69, 9.17) is 10.5 Å². The first-order valence-corrected chi connectivity index (χ1v) is 11.2. The maximum absolute atomic E-state index is 12.4. The maximum atomic E-state index is 12.4. The lowest BCUT2D eigenvalue weighted by molar-refractivity contribution is -0.112. The van der Waals surface area contributed by atoms with E-state index in [0.717, 1.165) is 21.5 Å². The number of carbonyl (C=O) groups excluding carboxylic acids is 1. The highest BCUT2D eigenvalue weighted by atomic mass is 79.9. The van der Waals surface area contributed by atoms with E-state index < -0.39 is 0 Å². The Labute approximate surface area is 193 Å². The first-order valence-electron chi connectivity index (χ1n) is 9.41. The summed E-state index contributed by atoms with van der Waals surface area (Å²) in [5, 5.41) is 18.4. The van der Waals surface area contributed by atoms with Gasteiger partial charge >= 0.3 is 0 Å². The van der Waals surface area contributed by atoms with Crippen molar-refractivity contribution < 1.29 is 9.53 Å². The van der Waals surface area contributed by atoms with Gasteiger partial charge in [-0.3, -0.25) is 9.36 Å². The van der Waals surface area contributed by atoms with Gasteiger partial charge in [0.05, 0.1) is 12.4 Å². The van der Waals surface area contributed by atoms with Crippen LogP contribution in [-0.2, 0) is 4.79 Å². The summed E-state index contributed by atoms with van der Waals surface area (Å²) in [5.41, 5.74) is 7.52. The van der Waals surface area contributed by atoms with E-state index in [1.165, 1.54) is 18.7 Å². The lowest BCUT2D eigenvalue weighted by Gasteiger charge is -2.11. The molecule has 9 heteroatoms. The van der Waals surface area contributed by atoms with Crippen molar-refractivity contribution in [1.82, 2.24) is 14.8 Å². The Kier molecular flexibility index (Phi) is 7.50. The van der Waals surface area contributed by atoms with Gasteiger partial charge in [0.2, 0.25) is 0 Å². The Hall–Kier alpha value is -3.09. The Balaban J connectivity index is 1.99. The lowest BCUT2D eigenvalue weighted by Crippen LogP contribution is -2.11. The Bertz CT molecular complexity index is 1140. The van der Waals surface area contributed by atoms with Crippen molar-refractivity contribution in [3.8, 4) is 28.9 Å². The zero-order chi connectivity index (χ0) is 22.4. The topological polar surface area (TPSA) is 107 Å². The highest BCUT2D eigenvalue weighted by Crippen LogP contribution is 2.30. The van der Waals surface area contributed by atoms with E-state index in [0.29, 0.717) is 17.6 Å². The van der Waals surface area contributed by atoms with E-state index in [1.54, 1.807) is 0 Å². The van der Waals surface area contributed by atoms with Gasteiger partial charge in [-0.1, -0.05) is 39.8 Å². The number of ether oxygens (including phenoxy) is 1. The van der Waals surface area contributed by atoms with Crippen molar-refractivity contribution in [2.45, 2.75) is 19.0 Å².